The van der Waals surface area contributed by atoms with Crippen LogP contribution in [0.5, 0.6) is 0 Å². The quantitative estimate of drug-likeness (QED) is 0.281. The maximum Gasteiger partial charge on any atom is 0.338 e. The Balaban J connectivity index is 1.14. The molecule has 1 aliphatic heterocycles. The molecule has 3 aromatic carbocycles. The van der Waals surface area contributed by atoms with Gasteiger partial charge in [-0.25, -0.2) is 9.59 Å². The molecular weight excluding hydrogens is 536 g/mol. The van der Waals surface area contributed by atoms with Crippen LogP contribution in [-0.4, -0.2) is 42.9 Å². The van der Waals surface area contributed by atoms with Crippen molar-refractivity contribution in [1.82, 2.24) is 0 Å². The van der Waals surface area contributed by atoms with Crippen LogP contribution in [0.25, 0.3) is 0 Å². The Bertz CT molecular complexity index is 1470. The first-order valence-electron chi connectivity index (χ1n) is 14.1. The van der Waals surface area contributed by atoms with Crippen molar-refractivity contribution in [2.75, 3.05) is 23.4 Å². The number of nitrogens with zero attached hydrogens (tertiary/aromatic N) is 1. The molecule has 1 heterocycles. The van der Waals surface area contributed by atoms with E-state index in [1.165, 1.54) is 34.7 Å². The smallest absolute Gasteiger partial charge is 0.338 e. The molecule has 0 spiro atoms. The summed E-state index contributed by atoms with van der Waals surface area (Å²) in [6.07, 6.45) is 2.87. The first-order valence-corrected chi connectivity index (χ1v) is 14.1. The van der Waals surface area contributed by atoms with Gasteiger partial charge in [-0.1, -0.05) is 37.3 Å². The highest BCUT2D eigenvalue weighted by Gasteiger charge is 2.50. The Morgan fingerprint density at radius 3 is 2.07 bits per heavy atom. The molecule has 0 aromatic heterocycles. The van der Waals surface area contributed by atoms with Crippen LogP contribution in [0.4, 0.5) is 11.4 Å². The molecule has 9 nitrogen and oxygen atoms in total. The number of imide groups is 1. The van der Waals surface area contributed by atoms with Crippen LogP contribution in [0.1, 0.15) is 64.8 Å². The molecule has 1 saturated heterocycles. The van der Waals surface area contributed by atoms with Crippen molar-refractivity contribution < 1.29 is 33.4 Å². The van der Waals surface area contributed by atoms with Crippen molar-refractivity contribution in [3.63, 3.8) is 0 Å². The lowest BCUT2D eigenvalue weighted by molar-refractivity contribution is -0.122. The molecule has 2 fully saturated rings. The Hall–Kier alpha value is -4.79. The van der Waals surface area contributed by atoms with E-state index in [4.69, 9.17) is 9.47 Å². The lowest BCUT2D eigenvalue weighted by atomic mass is 9.73. The standard InChI is InChI=1S/C33H32N2O7/c1-2-18-41-32(39)22-8-13-25(14-9-22)34-29(36)20-42-33(40)23-10-15-26(16-11-23)35-30(37)27-17-12-24(19-28(27)31(35)38)21-6-4-3-5-7-21/h3-11,13-16,24,27-28H,2,12,17-20H2,1H3,(H,34,36)/t24-,27-,28+/m1/s1. The third-order valence-corrected chi connectivity index (χ3v) is 7.73. The van der Waals surface area contributed by atoms with Gasteiger partial charge in [-0.15, -0.1) is 0 Å². The second-order valence-corrected chi connectivity index (χ2v) is 10.5. The highest BCUT2D eigenvalue weighted by molar-refractivity contribution is 6.22. The molecule has 9 heteroatoms. The predicted octanol–water partition coefficient (Wildman–Crippen LogP) is 5.12. The van der Waals surface area contributed by atoms with E-state index in [1.54, 1.807) is 24.3 Å². The van der Waals surface area contributed by atoms with Crippen LogP contribution in [0.3, 0.4) is 0 Å². The van der Waals surface area contributed by atoms with E-state index in [2.05, 4.69) is 17.4 Å². The van der Waals surface area contributed by atoms with Crippen LogP contribution < -0.4 is 10.2 Å². The maximum absolute atomic E-state index is 13.3. The number of nitrogens with one attached hydrogen (secondary N) is 1. The van der Waals surface area contributed by atoms with Gasteiger partial charge in [-0.2, -0.15) is 0 Å². The maximum atomic E-state index is 13.3. The van der Waals surface area contributed by atoms with Gasteiger partial charge in [-0.05, 0) is 85.7 Å². The topological polar surface area (TPSA) is 119 Å². The molecule has 5 rings (SSSR count). The van der Waals surface area contributed by atoms with E-state index in [0.717, 1.165) is 12.8 Å². The number of carbonyl (C=O) groups is 5. The van der Waals surface area contributed by atoms with Crippen molar-refractivity contribution in [1.29, 1.82) is 0 Å². The van der Waals surface area contributed by atoms with Gasteiger partial charge in [0.25, 0.3) is 5.91 Å². The third-order valence-electron chi connectivity index (χ3n) is 7.73. The molecular formula is C33H32N2O7. The van der Waals surface area contributed by atoms with Crippen molar-refractivity contribution in [2.24, 2.45) is 11.8 Å². The fraction of sp³-hybridized carbons (Fsp3) is 0.303. The van der Waals surface area contributed by atoms with Crippen LogP contribution in [-0.2, 0) is 23.9 Å². The van der Waals surface area contributed by atoms with Crippen molar-refractivity contribution in [3.8, 4) is 0 Å². The molecule has 216 valence electrons. The van der Waals surface area contributed by atoms with Crippen molar-refractivity contribution >= 4 is 41.0 Å². The first-order chi connectivity index (χ1) is 20.4. The fourth-order valence-corrected chi connectivity index (χ4v) is 5.59. The van der Waals surface area contributed by atoms with E-state index in [-0.39, 0.29) is 35.1 Å². The SMILES string of the molecule is CCCOC(=O)c1ccc(NC(=O)COC(=O)c2ccc(N3C(=O)[C@H]4C[C@H](c5ccccc5)CC[C@H]4C3=O)cc2)cc1. The summed E-state index contributed by atoms with van der Waals surface area (Å²) in [4.78, 5) is 64.5. The molecule has 0 bridgehead atoms. The number of amides is 3. The minimum atomic E-state index is -0.718. The Morgan fingerprint density at radius 2 is 1.40 bits per heavy atom. The molecule has 3 aromatic rings. The largest absolute Gasteiger partial charge is 0.462 e. The van der Waals surface area contributed by atoms with E-state index in [0.29, 0.717) is 36.4 Å². The van der Waals surface area contributed by atoms with Crippen molar-refractivity contribution in [3.05, 3.63) is 95.6 Å². The van der Waals surface area contributed by atoms with E-state index < -0.39 is 24.5 Å². The van der Waals surface area contributed by atoms with Crippen LogP contribution in [0, 0.1) is 11.8 Å². The van der Waals surface area contributed by atoms with Crippen molar-refractivity contribution in [2.45, 2.75) is 38.5 Å². The minimum absolute atomic E-state index is 0.183. The number of carbonyl (C=O) groups excluding carboxylic acids is 5. The van der Waals surface area contributed by atoms with Crippen LogP contribution in [0.2, 0.25) is 0 Å². The number of anilines is 2. The van der Waals surface area contributed by atoms with Crippen LogP contribution >= 0.6 is 0 Å². The zero-order valence-electron chi connectivity index (χ0n) is 23.3. The molecule has 0 radical (unpaired) electrons. The van der Waals surface area contributed by atoms with E-state index in [9.17, 15) is 24.0 Å². The first kappa shape index (κ1) is 28.7. The van der Waals surface area contributed by atoms with Gasteiger partial charge in [0.1, 0.15) is 0 Å². The predicted molar refractivity (Wildman–Crippen MR) is 155 cm³/mol. The second kappa shape index (κ2) is 12.8. The highest BCUT2D eigenvalue weighted by atomic mass is 16.5. The van der Waals surface area contributed by atoms with Gasteiger partial charge in [-0.3, -0.25) is 19.3 Å². The Labute approximate surface area is 243 Å². The molecule has 0 unspecified atom stereocenters. The number of ether oxygens (including phenoxy) is 2. The fourth-order valence-electron chi connectivity index (χ4n) is 5.59. The lowest BCUT2D eigenvalue weighted by Crippen LogP contribution is -2.30. The average Bonchev–Trinajstić information content (AvgIpc) is 3.28. The zero-order chi connectivity index (χ0) is 29.6. The molecule has 1 N–H and O–H groups in total. The second-order valence-electron chi connectivity index (χ2n) is 10.5. The summed E-state index contributed by atoms with van der Waals surface area (Å²) in [6.45, 7) is 1.71. The molecule has 1 saturated carbocycles. The molecule has 42 heavy (non-hydrogen) atoms. The number of hydrogen-bond acceptors (Lipinski definition) is 7. The molecule has 3 amide bonds. The molecule has 2 aliphatic rings. The van der Waals surface area contributed by atoms with Gasteiger partial charge in [0.15, 0.2) is 6.61 Å². The van der Waals surface area contributed by atoms with Gasteiger partial charge in [0.05, 0.1) is 35.3 Å². The summed E-state index contributed by atoms with van der Waals surface area (Å²) in [5.74, 6) is -2.55. The number of fused-ring (bicyclic) bond motifs is 1. The lowest BCUT2D eigenvalue weighted by Gasteiger charge is -2.28. The number of hydrogen-bond donors (Lipinski definition) is 1. The molecule has 3 atom stereocenters. The summed E-state index contributed by atoms with van der Waals surface area (Å²) < 4.78 is 10.2. The van der Waals surface area contributed by atoms with Gasteiger partial charge in [0, 0.05) is 5.69 Å². The zero-order valence-corrected chi connectivity index (χ0v) is 23.3. The normalized spacial score (nSPS) is 19.6. The number of benzene rings is 3. The monoisotopic (exact) mass is 568 g/mol. The third kappa shape index (κ3) is 6.25. The Morgan fingerprint density at radius 1 is 0.786 bits per heavy atom. The van der Waals surface area contributed by atoms with E-state index >= 15 is 0 Å². The van der Waals surface area contributed by atoms with Gasteiger partial charge in [0.2, 0.25) is 11.8 Å². The minimum Gasteiger partial charge on any atom is -0.462 e. The number of esters is 2. The van der Waals surface area contributed by atoms with E-state index in [1.807, 2.05) is 25.1 Å². The average molecular weight is 569 g/mol. The molecule has 1 aliphatic carbocycles. The summed E-state index contributed by atoms with van der Waals surface area (Å²) >= 11 is 0. The summed E-state index contributed by atoms with van der Waals surface area (Å²) in [5, 5.41) is 2.60. The number of rotatable bonds is 9. The van der Waals surface area contributed by atoms with Gasteiger partial charge < -0.3 is 14.8 Å². The summed E-state index contributed by atoms with van der Waals surface area (Å²) in [6, 6.07) is 22.3. The Kier molecular flexibility index (Phi) is 8.76. The van der Waals surface area contributed by atoms with Crippen LogP contribution in [0.15, 0.2) is 78.9 Å². The van der Waals surface area contributed by atoms with Gasteiger partial charge >= 0.3 is 11.9 Å². The summed E-state index contributed by atoms with van der Waals surface area (Å²) in [5.41, 5.74) is 2.58. The summed E-state index contributed by atoms with van der Waals surface area (Å²) in [7, 11) is 0. The highest BCUT2D eigenvalue weighted by Crippen LogP contribution is 2.45.